The SMILES string of the molecule is COCCN1CC(N)C(c2cnco2)C1.O=C(O)C(F)(F)F.O=C(O)C(F)(F)F. The van der Waals surface area contributed by atoms with E-state index in [1.165, 1.54) is 6.39 Å². The zero-order valence-corrected chi connectivity index (χ0v) is 14.9. The van der Waals surface area contributed by atoms with Crippen molar-refractivity contribution in [3.05, 3.63) is 18.4 Å². The van der Waals surface area contributed by atoms with Gasteiger partial charge in [-0.25, -0.2) is 14.6 Å². The molecule has 0 aliphatic carbocycles. The van der Waals surface area contributed by atoms with Gasteiger partial charge >= 0.3 is 24.3 Å². The van der Waals surface area contributed by atoms with Gasteiger partial charge in [-0.1, -0.05) is 0 Å². The standard InChI is InChI=1S/C10H17N3O2.2C2HF3O2/c1-14-3-2-13-5-8(9(11)6-13)10-4-12-7-15-10;2*3-2(4,5)1(6)7/h4,7-9H,2-3,5-6,11H2,1H3;2*(H,6,7). The number of aromatic nitrogens is 1. The van der Waals surface area contributed by atoms with E-state index >= 15 is 0 Å². The van der Waals surface area contributed by atoms with Gasteiger partial charge in [0.25, 0.3) is 0 Å². The van der Waals surface area contributed by atoms with Crippen molar-refractivity contribution in [2.75, 3.05) is 33.4 Å². The molecule has 4 N–H and O–H groups in total. The van der Waals surface area contributed by atoms with Crippen LogP contribution in [0.3, 0.4) is 0 Å². The number of nitrogens with two attached hydrogens (primary N) is 1. The first-order chi connectivity index (χ1) is 13.2. The Kier molecular flexibility index (Phi) is 10.6. The van der Waals surface area contributed by atoms with Gasteiger partial charge in [-0.2, -0.15) is 26.3 Å². The molecular weight excluding hydrogens is 420 g/mol. The molecule has 2 unspecified atom stereocenters. The molecule has 9 nitrogen and oxygen atoms in total. The second-order valence-corrected chi connectivity index (χ2v) is 5.53. The minimum absolute atomic E-state index is 0.134. The largest absolute Gasteiger partial charge is 0.490 e. The Bertz CT molecular complexity index is 598. The summed E-state index contributed by atoms with van der Waals surface area (Å²) in [5.41, 5.74) is 6.06. The number of oxazole rings is 1. The first-order valence-electron chi connectivity index (χ1n) is 7.65. The highest BCUT2D eigenvalue weighted by Crippen LogP contribution is 2.25. The first-order valence-corrected chi connectivity index (χ1v) is 7.65. The van der Waals surface area contributed by atoms with E-state index < -0.39 is 24.3 Å². The quantitative estimate of drug-likeness (QED) is 0.593. The molecule has 0 amide bonds. The van der Waals surface area contributed by atoms with Crippen molar-refractivity contribution in [2.24, 2.45) is 5.73 Å². The van der Waals surface area contributed by atoms with Gasteiger partial charge in [0.2, 0.25) is 0 Å². The van der Waals surface area contributed by atoms with E-state index in [0.717, 1.165) is 32.0 Å². The number of likely N-dealkylation sites (tertiary alicyclic amines) is 1. The van der Waals surface area contributed by atoms with Crippen LogP contribution in [0.15, 0.2) is 17.0 Å². The highest BCUT2D eigenvalue weighted by atomic mass is 19.4. The fourth-order valence-electron chi connectivity index (χ4n) is 2.03. The number of aliphatic carboxylic acids is 2. The highest BCUT2D eigenvalue weighted by molar-refractivity contribution is 5.73. The summed E-state index contributed by atoms with van der Waals surface area (Å²) in [6, 6.07) is 0.134. The molecule has 168 valence electrons. The van der Waals surface area contributed by atoms with Gasteiger partial charge in [-0.05, 0) is 0 Å². The van der Waals surface area contributed by atoms with Crippen molar-refractivity contribution in [1.82, 2.24) is 9.88 Å². The third-order valence-corrected chi connectivity index (χ3v) is 3.35. The third kappa shape index (κ3) is 10.7. The van der Waals surface area contributed by atoms with Crippen molar-refractivity contribution in [3.8, 4) is 0 Å². The summed E-state index contributed by atoms with van der Waals surface area (Å²) in [5.74, 6) is -4.35. The Labute approximate surface area is 160 Å². The van der Waals surface area contributed by atoms with Gasteiger partial charge in [-0.3, -0.25) is 4.90 Å². The molecule has 0 aromatic carbocycles. The first kappa shape index (κ1) is 26.6. The van der Waals surface area contributed by atoms with Crippen molar-refractivity contribution in [3.63, 3.8) is 0 Å². The van der Waals surface area contributed by atoms with Gasteiger partial charge in [0.05, 0.1) is 12.8 Å². The van der Waals surface area contributed by atoms with E-state index in [4.69, 9.17) is 34.7 Å². The lowest BCUT2D eigenvalue weighted by Gasteiger charge is -2.13. The lowest BCUT2D eigenvalue weighted by Crippen LogP contribution is -2.30. The molecule has 29 heavy (non-hydrogen) atoms. The Balaban J connectivity index is 0.000000473. The van der Waals surface area contributed by atoms with Crippen LogP contribution in [0.25, 0.3) is 0 Å². The number of carbonyl (C=O) groups is 2. The van der Waals surface area contributed by atoms with Gasteiger partial charge in [0, 0.05) is 38.7 Å². The molecule has 2 heterocycles. The number of carboxylic acid groups (broad SMARTS) is 2. The van der Waals surface area contributed by atoms with E-state index in [1.807, 2.05) is 0 Å². The van der Waals surface area contributed by atoms with Crippen molar-refractivity contribution >= 4 is 11.9 Å². The highest BCUT2D eigenvalue weighted by Gasteiger charge is 2.39. The monoisotopic (exact) mass is 439 g/mol. The average Bonchev–Trinajstić information content (AvgIpc) is 3.21. The Morgan fingerprint density at radius 3 is 2.03 bits per heavy atom. The Morgan fingerprint density at radius 1 is 1.21 bits per heavy atom. The molecule has 0 radical (unpaired) electrons. The third-order valence-electron chi connectivity index (χ3n) is 3.35. The molecule has 1 aliphatic heterocycles. The number of methoxy groups -OCH3 is 1. The second kappa shape index (κ2) is 11.6. The molecule has 1 aromatic rings. The van der Waals surface area contributed by atoms with Gasteiger partial charge in [-0.15, -0.1) is 0 Å². The summed E-state index contributed by atoms with van der Waals surface area (Å²) >= 11 is 0. The van der Waals surface area contributed by atoms with Crippen LogP contribution < -0.4 is 5.73 Å². The number of hydrogen-bond donors (Lipinski definition) is 3. The molecule has 0 saturated carbocycles. The Hall–Kier alpha value is -2.39. The zero-order chi connectivity index (χ0) is 22.8. The van der Waals surface area contributed by atoms with E-state index in [-0.39, 0.29) is 12.0 Å². The fraction of sp³-hybridized carbons (Fsp3) is 0.643. The number of carboxylic acids is 2. The second-order valence-electron chi connectivity index (χ2n) is 5.53. The normalized spacial score (nSPS) is 19.6. The predicted molar refractivity (Wildman–Crippen MR) is 82.9 cm³/mol. The molecule has 0 spiro atoms. The van der Waals surface area contributed by atoms with Crippen molar-refractivity contribution < 1.29 is 55.3 Å². The number of rotatable bonds is 4. The van der Waals surface area contributed by atoms with Crippen LogP contribution in [0.2, 0.25) is 0 Å². The van der Waals surface area contributed by atoms with E-state index in [1.54, 1.807) is 13.3 Å². The van der Waals surface area contributed by atoms with Crippen LogP contribution in [0, 0.1) is 0 Å². The Morgan fingerprint density at radius 2 is 1.69 bits per heavy atom. The zero-order valence-electron chi connectivity index (χ0n) is 14.9. The van der Waals surface area contributed by atoms with Crippen LogP contribution in [0.5, 0.6) is 0 Å². The van der Waals surface area contributed by atoms with Crippen LogP contribution in [-0.2, 0) is 14.3 Å². The maximum atomic E-state index is 10.6. The minimum atomic E-state index is -5.08. The number of halogens is 6. The van der Waals surface area contributed by atoms with E-state index in [2.05, 4.69) is 9.88 Å². The van der Waals surface area contributed by atoms with Crippen molar-refractivity contribution in [1.29, 1.82) is 0 Å². The molecule has 0 bridgehead atoms. The van der Waals surface area contributed by atoms with Crippen molar-refractivity contribution in [2.45, 2.75) is 24.3 Å². The minimum Gasteiger partial charge on any atom is -0.475 e. The number of hydrogen-bond acceptors (Lipinski definition) is 7. The van der Waals surface area contributed by atoms with Crippen LogP contribution >= 0.6 is 0 Å². The average molecular weight is 439 g/mol. The fourth-order valence-corrected chi connectivity index (χ4v) is 2.03. The van der Waals surface area contributed by atoms with E-state index in [0.29, 0.717) is 0 Å². The molecule has 1 aromatic heterocycles. The molecule has 2 rings (SSSR count). The number of ether oxygens (including phenoxy) is 1. The molecule has 2 atom stereocenters. The number of alkyl halides is 6. The molecular formula is C14H19F6N3O6. The summed E-state index contributed by atoms with van der Waals surface area (Å²) in [5, 5.41) is 14.2. The number of nitrogens with zero attached hydrogens (tertiary/aromatic N) is 2. The van der Waals surface area contributed by atoms with Gasteiger partial charge in [0.15, 0.2) is 6.39 Å². The molecule has 1 aliphatic rings. The summed E-state index contributed by atoms with van der Waals surface area (Å²) in [6.45, 7) is 3.50. The predicted octanol–water partition coefficient (Wildman–Crippen LogP) is 1.31. The van der Waals surface area contributed by atoms with Gasteiger partial charge in [0.1, 0.15) is 5.76 Å². The van der Waals surface area contributed by atoms with Crippen LogP contribution in [-0.4, -0.2) is 83.8 Å². The maximum Gasteiger partial charge on any atom is 0.490 e. The maximum absolute atomic E-state index is 10.6. The van der Waals surface area contributed by atoms with E-state index in [9.17, 15) is 26.3 Å². The molecule has 1 saturated heterocycles. The molecule has 15 heteroatoms. The summed E-state index contributed by atoms with van der Waals surface area (Å²) in [7, 11) is 1.71. The van der Waals surface area contributed by atoms with Gasteiger partial charge < -0.3 is 25.1 Å². The van der Waals surface area contributed by atoms with Crippen LogP contribution in [0.4, 0.5) is 26.3 Å². The lowest BCUT2D eigenvalue weighted by atomic mass is 10.0. The topological polar surface area (TPSA) is 139 Å². The lowest BCUT2D eigenvalue weighted by molar-refractivity contribution is -0.193. The summed E-state index contributed by atoms with van der Waals surface area (Å²) in [6.07, 6.45) is -6.95. The summed E-state index contributed by atoms with van der Waals surface area (Å²) < 4.78 is 73.8. The smallest absolute Gasteiger partial charge is 0.475 e. The molecule has 1 fully saturated rings. The summed E-state index contributed by atoms with van der Waals surface area (Å²) in [4.78, 5) is 24.0. The van der Waals surface area contributed by atoms with Crippen LogP contribution in [0.1, 0.15) is 11.7 Å².